The molecule has 0 radical (unpaired) electrons. The highest BCUT2D eigenvalue weighted by Crippen LogP contribution is 2.25. The molecule has 2 aromatic carbocycles. The van der Waals surface area contributed by atoms with Crippen LogP contribution in [-0.2, 0) is 16.4 Å². The molecule has 1 heterocycles. The van der Waals surface area contributed by atoms with Gasteiger partial charge in [0.2, 0.25) is 10.0 Å². The number of halogens is 1. The maximum Gasteiger partial charge on any atom is 0.238 e. The van der Waals surface area contributed by atoms with E-state index in [1.54, 1.807) is 17.5 Å². The first kappa shape index (κ1) is 18.0. The number of hydrogen-bond donors (Lipinski definition) is 2. The summed E-state index contributed by atoms with van der Waals surface area (Å²) in [5.74, 6) is 0.779. The van der Waals surface area contributed by atoms with E-state index in [0.717, 1.165) is 21.6 Å². The Labute approximate surface area is 159 Å². The van der Waals surface area contributed by atoms with E-state index in [2.05, 4.69) is 26.5 Å². The van der Waals surface area contributed by atoms with Crippen molar-refractivity contribution in [1.29, 1.82) is 0 Å². The van der Waals surface area contributed by atoms with Crippen LogP contribution in [0.15, 0.2) is 63.0 Å². The highest BCUT2D eigenvalue weighted by atomic mass is 79.9. The average molecular weight is 439 g/mol. The molecule has 3 N–H and O–H groups in total. The summed E-state index contributed by atoms with van der Waals surface area (Å²) in [6.45, 7) is 0. The molecule has 25 heavy (non-hydrogen) atoms. The summed E-state index contributed by atoms with van der Waals surface area (Å²) in [6, 6.07) is 14.2. The SMILES string of the molecule is NS(=O)(=O)c1ccc(N2C(Cc3ccccc3Br)=NNC2C=S)cc1. The van der Waals surface area contributed by atoms with Gasteiger partial charge in [0.05, 0.1) is 4.90 Å². The molecule has 0 saturated carbocycles. The number of hydrazone groups is 1. The molecule has 130 valence electrons. The summed E-state index contributed by atoms with van der Waals surface area (Å²) in [4.78, 5) is 1.99. The first-order valence-electron chi connectivity index (χ1n) is 7.33. The van der Waals surface area contributed by atoms with Gasteiger partial charge in [0, 0.05) is 21.9 Å². The first-order chi connectivity index (χ1) is 11.9. The van der Waals surface area contributed by atoms with Gasteiger partial charge in [0.15, 0.2) is 0 Å². The molecule has 0 aromatic heterocycles. The minimum Gasteiger partial charge on any atom is -0.301 e. The zero-order chi connectivity index (χ0) is 18.0. The van der Waals surface area contributed by atoms with E-state index in [1.807, 2.05) is 29.2 Å². The molecule has 1 aliphatic rings. The van der Waals surface area contributed by atoms with Crippen molar-refractivity contribution >= 4 is 55.1 Å². The van der Waals surface area contributed by atoms with Gasteiger partial charge < -0.3 is 4.90 Å². The van der Waals surface area contributed by atoms with E-state index >= 15 is 0 Å². The molecular weight excluding hydrogens is 424 g/mol. The molecule has 1 aliphatic heterocycles. The van der Waals surface area contributed by atoms with Gasteiger partial charge in [-0.05, 0) is 35.9 Å². The number of benzene rings is 2. The number of nitrogens with zero attached hydrogens (tertiary/aromatic N) is 2. The Morgan fingerprint density at radius 1 is 1.24 bits per heavy atom. The molecule has 1 atom stereocenters. The maximum atomic E-state index is 11.4. The van der Waals surface area contributed by atoms with Crippen LogP contribution in [0.4, 0.5) is 5.69 Å². The van der Waals surface area contributed by atoms with Crippen molar-refractivity contribution in [2.75, 3.05) is 4.90 Å². The van der Waals surface area contributed by atoms with Crippen LogP contribution in [0.5, 0.6) is 0 Å². The number of anilines is 1. The summed E-state index contributed by atoms with van der Waals surface area (Å²) >= 11 is 8.63. The van der Waals surface area contributed by atoms with Gasteiger partial charge >= 0.3 is 0 Å². The molecule has 0 aliphatic carbocycles. The number of hydrogen-bond acceptors (Lipinski definition) is 6. The fraction of sp³-hybridized carbons (Fsp3) is 0.125. The molecular formula is C16H15BrN4O2S2. The first-order valence-corrected chi connectivity index (χ1v) is 10.1. The van der Waals surface area contributed by atoms with Crippen molar-refractivity contribution in [1.82, 2.24) is 5.43 Å². The van der Waals surface area contributed by atoms with Gasteiger partial charge in [-0.15, -0.1) is 0 Å². The third kappa shape index (κ3) is 3.90. The Kier molecular flexibility index (Phi) is 5.19. The summed E-state index contributed by atoms with van der Waals surface area (Å²) < 4.78 is 23.9. The lowest BCUT2D eigenvalue weighted by Crippen LogP contribution is -2.41. The number of nitrogens with one attached hydrogen (secondary N) is 1. The maximum absolute atomic E-state index is 11.4. The molecule has 0 bridgehead atoms. The largest absolute Gasteiger partial charge is 0.301 e. The van der Waals surface area contributed by atoms with Gasteiger partial charge in [-0.2, -0.15) is 5.10 Å². The summed E-state index contributed by atoms with van der Waals surface area (Å²) in [6.07, 6.45) is 0.304. The van der Waals surface area contributed by atoms with E-state index in [1.165, 1.54) is 12.1 Å². The lowest BCUT2D eigenvalue weighted by atomic mass is 10.1. The van der Waals surface area contributed by atoms with Crippen LogP contribution in [0, 0.1) is 0 Å². The summed E-state index contributed by atoms with van der Waals surface area (Å²) in [7, 11) is -3.73. The zero-order valence-electron chi connectivity index (χ0n) is 13.0. The van der Waals surface area contributed by atoms with E-state index in [-0.39, 0.29) is 11.1 Å². The summed E-state index contributed by atoms with van der Waals surface area (Å²) in [5, 5.41) is 11.1. The quantitative estimate of drug-likeness (QED) is 0.699. The molecule has 3 rings (SSSR count). The lowest BCUT2D eigenvalue weighted by molar-refractivity contribution is 0.598. The van der Waals surface area contributed by atoms with Crippen molar-refractivity contribution in [3.63, 3.8) is 0 Å². The molecule has 9 heteroatoms. The second-order valence-corrected chi connectivity index (χ2v) is 8.10. The zero-order valence-corrected chi connectivity index (χ0v) is 16.2. The van der Waals surface area contributed by atoms with E-state index in [9.17, 15) is 8.42 Å². The third-order valence-corrected chi connectivity index (χ3v) is 5.72. The Morgan fingerprint density at radius 2 is 1.92 bits per heavy atom. The fourth-order valence-corrected chi connectivity index (χ4v) is 3.67. The van der Waals surface area contributed by atoms with Crippen LogP contribution in [0.2, 0.25) is 0 Å². The molecule has 0 amide bonds. The monoisotopic (exact) mass is 438 g/mol. The van der Waals surface area contributed by atoms with Crippen LogP contribution in [-0.4, -0.2) is 25.8 Å². The predicted octanol–water partition coefficient (Wildman–Crippen LogP) is 2.39. The van der Waals surface area contributed by atoms with E-state index < -0.39 is 10.0 Å². The third-order valence-electron chi connectivity index (χ3n) is 3.76. The smallest absolute Gasteiger partial charge is 0.238 e. The number of primary sulfonamides is 1. The van der Waals surface area contributed by atoms with Crippen LogP contribution in [0.3, 0.4) is 0 Å². The molecule has 0 saturated heterocycles. The second kappa shape index (κ2) is 7.20. The highest BCUT2D eigenvalue weighted by molar-refractivity contribution is 9.10. The highest BCUT2D eigenvalue weighted by Gasteiger charge is 2.28. The minimum atomic E-state index is -3.73. The van der Waals surface area contributed by atoms with Crippen LogP contribution in [0.25, 0.3) is 0 Å². The fourth-order valence-electron chi connectivity index (χ4n) is 2.55. The van der Waals surface area contributed by atoms with Gasteiger partial charge in [0.1, 0.15) is 12.0 Å². The second-order valence-electron chi connectivity index (χ2n) is 5.42. The van der Waals surface area contributed by atoms with Crippen molar-refractivity contribution in [3.8, 4) is 0 Å². The van der Waals surface area contributed by atoms with Crippen molar-refractivity contribution in [2.24, 2.45) is 10.2 Å². The number of rotatable bonds is 5. The van der Waals surface area contributed by atoms with Crippen molar-refractivity contribution in [2.45, 2.75) is 17.5 Å². The van der Waals surface area contributed by atoms with Gasteiger partial charge in [-0.3, -0.25) is 5.43 Å². The Morgan fingerprint density at radius 3 is 2.52 bits per heavy atom. The number of thiocarbonyl (C=S) groups is 1. The van der Waals surface area contributed by atoms with Gasteiger partial charge in [-0.1, -0.05) is 46.3 Å². The normalized spacial score (nSPS) is 17.1. The van der Waals surface area contributed by atoms with Gasteiger partial charge in [0.25, 0.3) is 0 Å². The minimum absolute atomic E-state index is 0.0617. The number of sulfonamides is 1. The number of amidine groups is 1. The van der Waals surface area contributed by atoms with Crippen molar-refractivity contribution < 1.29 is 8.42 Å². The number of nitrogens with two attached hydrogens (primary N) is 1. The molecule has 6 nitrogen and oxygen atoms in total. The van der Waals surface area contributed by atoms with Crippen LogP contribution in [0.1, 0.15) is 5.56 Å². The van der Waals surface area contributed by atoms with E-state index in [4.69, 9.17) is 17.4 Å². The molecule has 1 unspecified atom stereocenters. The van der Waals surface area contributed by atoms with Crippen LogP contribution < -0.4 is 15.5 Å². The Hall–Kier alpha value is -1.81. The lowest BCUT2D eigenvalue weighted by Gasteiger charge is -2.25. The van der Waals surface area contributed by atoms with E-state index in [0.29, 0.717) is 6.42 Å². The van der Waals surface area contributed by atoms with Crippen LogP contribution >= 0.6 is 28.1 Å². The summed E-state index contributed by atoms with van der Waals surface area (Å²) in [5.41, 5.74) is 4.84. The van der Waals surface area contributed by atoms with Gasteiger partial charge in [-0.25, -0.2) is 13.6 Å². The molecule has 0 spiro atoms. The topological polar surface area (TPSA) is 87.8 Å². The van der Waals surface area contributed by atoms with Crippen molar-refractivity contribution in [3.05, 3.63) is 58.6 Å². The predicted molar refractivity (Wildman–Crippen MR) is 106 cm³/mol. The molecule has 0 fully saturated rings. The Balaban J connectivity index is 1.92. The molecule has 2 aromatic rings. The Bertz CT molecular complexity index is 929. The standard InChI is InChI=1S/C16H15BrN4O2S2/c17-14-4-2-1-3-11(14)9-15-19-20-16(10-24)21(15)12-5-7-13(8-6-12)25(18,22)23/h1-8,10,16,20H,9H2,(H2,18,22,23). The average Bonchev–Trinajstić information content (AvgIpc) is 2.99.